The fourth-order valence-electron chi connectivity index (χ4n) is 1.38. The van der Waals surface area contributed by atoms with Gasteiger partial charge in [-0.05, 0) is 6.92 Å². The number of amides is 2. The number of urea groups is 1. The predicted molar refractivity (Wildman–Crippen MR) is 63.9 cm³/mol. The van der Waals surface area contributed by atoms with Crippen molar-refractivity contribution in [3.63, 3.8) is 0 Å². The number of carboxylic acid groups (broad SMARTS) is 1. The predicted octanol–water partition coefficient (Wildman–Crippen LogP) is 0.231. The molecule has 0 aliphatic heterocycles. The number of aliphatic carboxylic acids is 1. The highest BCUT2D eigenvalue weighted by Crippen LogP contribution is 2.02. The number of nitrogens with zero attached hydrogens (tertiary/aromatic N) is 3. The summed E-state index contributed by atoms with van der Waals surface area (Å²) in [6, 6.07) is 1.60. The largest absolute Gasteiger partial charge is 0.480 e. The third-order valence-corrected chi connectivity index (χ3v) is 2.26. The van der Waals surface area contributed by atoms with Gasteiger partial charge in [0, 0.05) is 27.2 Å². The lowest BCUT2D eigenvalue weighted by Crippen LogP contribution is -2.46. The highest BCUT2D eigenvalue weighted by atomic mass is 16.5. The molecular weight excluding hydrogens is 238 g/mol. The fourth-order valence-corrected chi connectivity index (χ4v) is 1.38. The summed E-state index contributed by atoms with van der Waals surface area (Å²) in [5.41, 5.74) is 0. The molecule has 0 heterocycles. The molecule has 102 valence electrons. The molecule has 0 radical (unpaired) electrons. The van der Waals surface area contributed by atoms with Crippen molar-refractivity contribution < 1.29 is 19.4 Å². The molecule has 0 fully saturated rings. The minimum atomic E-state index is -1.08. The van der Waals surface area contributed by atoms with Crippen LogP contribution in [0, 0.1) is 17.2 Å². The minimum Gasteiger partial charge on any atom is -0.480 e. The Morgan fingerprint density at radius 2 is 2.11 bits per heavy atom. The van der Waals surface area contributed by atoms with Gasteiger partial charge in [-0.3, -0.25) is 4.79 Å². The first-order valence-electron chi connectivity index (χ1n) is 5.52. The number of carbonyl (C=O) groups is 2. The van der Waals surface area contributed by atoms with Crippen molar-refractivity contribution >= 4 is 12.0 Å². The van der Waals surface area contributed by atoms with Crippen molar-refractivity contribution in [2.24, 2.45) is 5.92 Å². The third kappa shape index (κ3) is 6.06. The maximum Gasteiger partial charge on any atom is 0.323 e. The maximum atomic E-state index is 12.0. The number of rotatable bonds is 7. The monoisotopic (exact) mass is 257 g/mol. The Kier molecular flexibility index (Phi) is 7.47. The summed E-state index contributed by atoms with van der Waals surface area (Å²) in [7, 11) is 3.02. The normalized spacial score (nSPS) is 11.4. The lowest BCUT2D eigenvalue weighted by Gasteiger charge is -2.27. The first kappa shape index (κ1) is 16.2. The van der Waals surface area contributed by atoms with Gasteiger partial charge in [-0.2, -0.15) is 5.26 Å². The zero-order valence-electron chi connectivity index (χ0n) is 10.9. The van der Waals surface area contributed by atoms with Crippen LogP contribution >= 0.6 is 0 Å². The Labute approximate surface area is 107 Å². The second-order valence-corrected chi connectivity index (χ2v) is 4.00. The van der Waals surface area contributed by atoms with Gasteiger partial charge in [0.25, 0.3) is 0 Å². The molecule has 0 rings (SSSR count). The van der Waals surface area contributed by atoms with E-state index < -0.39 is 12.0 Å². The van der Waals surface area contributed by atoms with Gasteiger partial charge in [0.1, 0.15) is 6.54 Å². The summed E-state index contributed by atoms with van der Waals surface area (Å²) in [5.74, 6) is -1.38. The number of carboxylic acids is 1. The first-order valence-corrected chi connectivity index (χ1v) is 5.52. The van der Waals surface area contributed by atoms with Crippen LogP contribution in [-0.4, -0.2) is 67.3 Å². The summed E-state index contributed by atoms with van der Waals surface area (Å²) < 4.78 is 4.83. The van der Waals surface area contributed by atoms with E-state index in [1.54, 1.807) is 6.92 Å². The molecule has 0 bridgehead atoms. The molecule has 18 heavy (non-hydrogen) atoms. The standard InChI is InChI=1S/C11H19N3O4/c1-9(6-12)7-13(2)11(17)14(4-5-18-3)8-10(15)16/h9H,4-5,7-8H2,1-3H3,(H,15,16). The SMILES string of the molecule is COCCN(CC(=O)O)C(=O)N(C)CC(C)C#N. The summed E-state index contributed by atoms with van der Waals surface area (Å²) >= 11 is 0. The molecule has 2 amide bonds. The van der Waals surface area contributed by atoms with Crippen molar-refractivity contribution in [2.45, 2.75) is 6.92 Å². The zero-order chi connectivity index (χ0) is 14.1. The van der Waals surface area contributed by atoms with E-state index in [0.29, 0.717) is 0 Å². The molecule has 0 saturated heterocycles. The van der Waals surface area contributed by atoms with Crippen LogP contribution in [0.1, 0.15) is 6.92 Å². The average Bonchev–Trinajstić information content (AvgIpc) is 2.32. The highest BCUT2D eigenvalue weighted by molar-refractivity contribution is 5.80. The van der Waals surface area contributed by atoms with Crippen LogP contribution in [0.5, 0.6) is 0 Å². The molecule has 1 N–H and O–H groups in total. The van der Waals surface area contributed by atoms with E-state index in [1.165, 1.54) is 24.0 Å². The molecule has 0 aliphatic rings. The van der Waals surface area contributed by atoms with E-state index in [2.05, 4.69) is 0 Å². The average molecular weight is 257 g/mol. The Morgan fingerprint density at radius 3 is 2.56 bits per heavy atom. The maximum absolute atomic E-state index is 12.0. The van der Waals surface area contributed by atoms with Gasteiger partial charge in [-0.1, -0.05) is 0 Å². The van der Waals surface area contributed by atoms with Gasteiger partial charge in [-0.25, -0.2) is 4.79 Å². The number of carbonyl (C=O) groups excluding carboxylic acids is 1. The Bertz CT molecular complexity index is 327. The van der Waals surface area contributed by atoms with E-state index in [9.17, 15) is 9.59 Å². The lowest BCUT2D eigenvalue weighted by atomic mass is 10.2. The number of methoxy groups -OCH3 is 1. The van der Waals surface area contributed by atoms with E-state index in [0.717, 1.165) is 0 Å². The molecule has 7 heteroatoms. The number of ether oxygens (including phenoxy) is 1. The summed E-state index contributed by atoms with van der Waals surface area (Å²) in [6.45, 7) is 2.04. The van der Waals surface area contributed by atoms with Crippen molar-refractivity contribution in [1.29, 1.82) is 5.26 Å². The van der Waals surface area contributed by atoms with Gasteiger partial charge < -0.3 is 19.6 Å². The fraction of sp³-hybridized carbons (Fsp3) is 0.727. The van der Waals surface area contributed by atoms with Gasteiger partial charge >= 0.3 is 12.0 Å². The molecule has 1 atom stereocenters. The Morgan fingerprint density at radius 1 is 1.50 bits per heavy atom. The molecule has 0 spiro atoms. The smallest absolute Gasteiger partial charge is 0.323 e. The molecule has 0 aliphatic carbocycles. The zero-order valence-corrected chi connectivity index (χ0v) is 10.9. The molecule has 0 saturated carbocycles. The number of nitriles is 1. The molecule has 1 unspecified atom stereocenters. The lowest BCUT2D eigenvalue weighted by molar-refractivity contribution is -0.137. The first-order chi connectivity index (χ1) is 8.42. The van der Waals surface area contributed by atoms with Crippen LogP contribution in [0.25, 0.3) is 0 Å². The van der Waals surface area contributed by atoms with Crippen LogP contribution < -0.4 is 0 Å². The van der Waals surface area contributed by atoms with Gasteiger partial charge in [0.2, 0.25) is 0 Å². The summed E-state index contributed by atoms with van der Waals surface area (Å²) in [5, 5.41) is 17.4. The quantitative estimate of drug-likeness (QED) is 0.704. The van der Waals surface area contributed by atoms with Crippen LogP contribution in [0.15, 0.2) is 0 Å². The number of hydrogen-bond acceptors (Lipinski definition) is 4. The minimum absolute atomic E-state index is 0.201. The summed E-state index contributed by atoms with van der Waals surface area (Å²) in [4.78, 5) is 25.1. The molecule has 0 aromatic carbocycles. The second-order valence-electron chi connectivity index (χ2n) is 4.00. The van der Waals surface area contributed by atoms with Crippen molar-refractivity contribution in [1.82, 2.24) is 9.80 Å². The molecule has 7 nitrogen and oxygen atoms in total. The molecular formula is C11H19N3O4. The van der Waals surface area contributed by atoms with Gasteiger partial charge in [0.15, 0.2) is 0 Å². The second kappa shape index (κ2) is 8.31. The van der Waals surface area contributed by atoms with E-state index in [4.69, 9.17) is 15.1 Å². The van der Waals surface area contributed by atoms with Gasteiger partial charge in [0.05, 0.1) is 18.6 Å². The molecule has 0 aromatic heterocycles. The van der Waals surface area contributed by atoms with E-state index in [-0.39, 0.29) is 32.2 Å². The van der Waals surface area contributed by atoms with Crippen LogP contribution in [0.2, 0.25) is 0 Å². The van der Waals surface area contributed by atoms with E-state index in [1.807, 2.05) is 6.07 Å². The third-order valence-electron chi connectivity index (χ3n) is 2.26. The summed E-state index contributed by atoms with van der Waals surface area (Å²) in [6.07, 6.45) is 0. The topological polar surface area (TPSA) is 93.9 Å². The van der Waals surface area contributed by atoms with Crippen molar-refractivity contribution in [3.05, 3.63) is 0 Å². The number of hydrogen-bond donors (Lipinski definition) is 1. The van der Waals surface area contributed by atoms with Crippen molar-refractivity contribution in [2.75, 3.05) is 40.4 Å². The van der Waals surface area contributed by atoms with Crippen molar-refractivity contribution in [3.8, 4) is 6.07 Å². The Balaban J connectivity index is 4.52. The van der Waals surface area contributed by atoms with Crippen LogP contribution in [0.4, 0.5) is 4.79 Å². The van der Waals surface area contributed by atoms with E-state index >= 15 is 0 Å². The van der Waals surface area contributed by atoms with Crippen LogP contribution in [-0.2, 0) is 9.53 Å². The molecule has 0 aromatic rings. The highest BCUT2D eigenvalue weighted by Gasteiger charge is 2.21. The van der Waals surface area contributed by atoms with Gasteiger partial charge in [-0.15, -0.1) is 0 Å². The Hall–Kier alpha value is -1.81. The van der Waals surface area contributed by atoms with Crippen LogP contribution in [0.3, 0.4) is 0 Å².